The molecule has 1 aliphatic heterocycles. The number of phenols is 1. The van der Waals surface area contributed by atoms with Gasteiger partial charge in [0.15, 0.2) is 0 Å². The molecule has 2 N–H and O–H groups in total. The van der Waals surface area contributed by atoms with E-state index in [0.717, 1.165) is 5.56 Å². The number of rotatable bonds is 5. The molecule has 1 aromatic rings. The summed E-state index contributed by atoms with van der Waals surface area (Å²) in [5.74, 6) is 0.0512. The smallest absolute Gasteiger partial charge is 0.214 e. The van der Waals surface area contributed by atoms with Crippen molar-refractivity contribution in [2.24, 2.45) is 0 Å². The Bertz CT molecular complexity index is 666. The molecular formula is C13H19NO5S2. The van der Waals surface area contributed by atoms with Crippen LogP contribution < -0.4 is 4.72 Å². The van der Waals surface area contributed by atoms with Gasteiger partial charge >= 0.3 is 0 Å². The van der Waals surface area contributed by atoms with Crippen molar-refractivity contribution in [3.8, 4) is 5.75 Å². The van der Waals surface area contributed by atoms with E-state index in [1.807, 2.05) is 0 Å². The lowest BCUT2D eigenvalue weighted by Crippen LogP contribution is -2.40. The number of sulfone groups is 1. The fraction of sp³-hybridized carbons (Fsp3) is 0.538. The zero-order valence-electron chi connectivity index (χ0n) is 11.5. The van der Waals surface area contributed by atoms with Crippen LogP contribution in [0.3, 0.4) is 0 Å². The fourth-order valence-corrected chi connectivity index (χ4v) is 5.57. The summed E-state index contributed by atoms with van der Waals surface area (Å²) in [6, 6.07) is 6.57. The third-order valence-corrected chi connectivity index (χ3v) is 7.26. The SMILES string of the molecule is O=S1(=O)CCC(S(=O)(=O)NCCc2ccc(O)cc2)CC1. The van der Waals surface area contributed by atoms with Gasteiger partial charge in [-0.15, -0.1) is 0 Å². The van der Waals surface area contributed by atoms with Gasteiger partial charge in [-0.3, -0.25) is 0 Å². The van der Waals surface area contributed by atoms with E-state index in [-0.39, 0.29) is 36.6 Å². The van der Waals surface area contributed by atoms with E-state index in [1.165, 1.54) is 0 Å². The third kappa shape index (κ3) is 4.69. The monoisotopic (exact) mass is 333 g/mol. The van der Waals surface area contributed by atoms with Crippen molar-refractivity contribution < 1.29 is 21.9 Å². The van der Waals surface area contributed by atoms with E-state index >= 15 is 0 Å². The molecule has 8 heteroatoms. The number of nitrogens with one attached hydrogen (secondary N) is 1. The third-order valence-electron chi connectivity index (χ3n) is 3.59. The maximum atomic E-state index is 12.1. The van der Waals surface area contributed by atoms with Crippen LogP contribution in [0.1, 0.15) is 18.4 Å². The van der Waals surface area contributed by atoms with Crippen LogP contribution in [0.5, 0.6) is 5.75 Å². The Kier molecular flexibility index (Phi) is 4.90. The van der Waals surface area contributed by atoms with Gasteiger partial charge in [-0.2, -0.15) is 0 Å². The van der Waals surface area contributed by atoms with E-state index in [9.17, 15) is 16.8 Å². The quantitative estimate of drug-likeness (QED) is 0.814. The minimum atomic E-state index is -3.48. The summed E-state index contributed by atoms with van der Waals surface area (Å²) < 4.78 is 49.4. The van der Waals surface area contributed by atoms with E-state index in [2.05, 4.69) is 4.72 Å². The first-order chi connectivity index (χ1) is 9.78. The van der Waals surface area contributed by atoms with Gasteiger partial charge in [0.05, 0.1) is 16.8 Å². The van der Waals surface area contributed by atoms with Crippen LogP contribution in [0.25, 0.3) is 0 Å². The molecule has 2 rings (SSSR count). The van der Waals surface area contributed by atoms with Gasteiger partial charge < -0.3 is 5.11 Å². The Labute approximate surface area is 125 Å². The van der Waals surface area contributed by atoms with Crippen LogP contribution in [0.2, 0.25) is 0 Å². The standard InChI is InChI=1S/C13H19NO5S2/c15-12-3-1-11(2-4-12)5-8-14-21(18,19)13-6-9-20(16,17)10-7-13/h1-4,13-15H,5-10H2. The second-order valence-electron chi connectivity index (χ2n) is 5.21. The minimum Gasteiger partial charge on any atom is -0.508 e. The normalized spacial score (nSPS) is 19.4. The van der Waals surface area contributed by atoms with Crippen molar-refractivity contribution in [2.75, 3.05) is 18.1 Å². The van der Waals surface area contributed by atoms with Crippen molar-refractivity contribution in [1.29, 1.82) is 0 Å². The summed E-state index contributed by atoms with van der Waals surface area (Å²) in [4.78, 5) is 0. The number of hydrogen-bond donors (Lipinski definition) is 2. The average Bonchev–Trinajstić information content (AvgIpc) is 2.40. The maximum Gasteiger partial charge on any atom is 0.214 e. The van der Waals surface area contributed by atoms with Gasteiger partial charge in [0.2, 0.25) is 10.0 Å². The summed E-state index contributed by atoms with van der Waals surface area (Å²) in [6.45, 7) is 0.260. The second kappa shape index (κ2) is 6.33. The molecule has 0 radical (unpaired) electrons. The molecule has 1 aliphatic rings. The van der Waals surface area contributed by atoms with Crippen molar-refractivity contribution >= 4 is 19.9 Å². The van der Waals surface area contributed by atoms with Crippen LogP contribution >= 0.6 is 0 Å². The van der Waals surface area contributed by atoms with Gasteiger partial charge in [0.25, 0.3) is 0 Å². The molecule has 0 atom stereocenters. The molecule has 118 valence electrons. The minimum absolute atomic E-state index is 0.0590. The number of sulfonamides is 1. The van der Waals surface area contributed by atoms with Gasteiger partial charge in [-0.05, 0) is 37.0 Å². The molecule has 1 heterocycles. The predicted octanol–water partition coefficient (Wildman–Crippen LogP) is 0.431. The first-order valence-corrected chi connectivity index (χ1v) is 10.1. The Balaban J connectivity index is 1.86. The molecule has 21 heavy (non-hydrogen) atoms. The van der Waals surface area contributed by atoms with Gasteiger partial charge in [0, 0.05) is 6.54 Å². The number of phenolic OH excluding ortho intramolecular Hbond substituents is 1. The maximum absolute atomic E-state index is 12.1. The molecule has 0 amide bonds. The summed E-state index contributed by atoms with van der Waals surface area (Å²) in [5, 5.41) is 8.54. The predicted molar refractivity (Wildman–Crippen MR) is 80.4 cm³/mol. The van der Waals surface area contributed by atoms with Gasteiger partial charge in [0.1, 0.15) is 15.6 Å². The largest absolute Gasteiger partial charge is 0.508 e. The summed E-state index contributed by atoms with van der Waals surface area (Å²) >= 11 is 0. The molecule has 0 saturated carbocycles. The lowest BCUT2D eigenvalue weighted by atomic mass is 10.1. The van der Waals surface area contributed by atoms with Crippen LogP contribution in [-0.4, -0.2) is 45.2 Å². The molecule has 0 spiro atoms. The highest BCUT2D eigenvalue weighted by Crippen LogP contribution is 2.18. The molecule has 6 nitrogen and oxygen atoms in total. The molecule has 0 aliphatic carbocycles. The number of hydrogen-bond acceptors (Lipinski definition) is 5. The van der Waals surface area contributed by atoms with Crippen molar-refractivity contribution in [3.05, 3.63) is 29.8 Å². The second-order valence-corrected chi connectivity index (χ2v) is 9.56. The zero-order valence-corrected chi connectivity index (χ0v) is 13.2. The average molecular weight is 333 g/mol. The number of benzene rings is 1. The Morgan fingerprint density at radius 2 is 1.71 bits per heavy atom. The van der Waals surface area contributed by atoms with E-state index < -0.39 is 25.1 Å². The highest BCUT2D eigenvalue weighted by Gasteiger charge is 2.32. The molecule has 1 aromatic carbocycles. The first kappa shape index (κ1) is 16.3. The van der Waals surface area contributed by atoms with Gasteiger partial charge in [-0.25, -0.2) is 21.6 Å². The summed E-state index contributed by atoms with van der Waals surface area (Å²) in [6.07, 6.45) is 0.846. The highest BCUT2D eigenvalue weighted by molar-refractivity contribution is 7.92. The first-order valence-electron chi connectivity index (χ1n) is 6.75. The molecular weight excluding hydrogens is 314 g/mol. The molecule has 0 unspecified atom stereocenters. The van der Waals surface area contributed by atoms with Crippen LogP contribution in [-0.2, 0) is 26.3 Å². The lowest BCUT2D eigenvalue weighted by Gasteiger charge is -2.22. The van der Waals surface area contributed by atoms with E-state index in [0.29, 0.717) is 6.42 Å². The van der Waals surface area contributed by atoms with Crippen molar-refractivity contribution in [1.82, 2.24) is 4.72 Å². The van der Waals surface area contributed by atoms with E-state index in [4.69, 9.17) is 5.11 Å². The van der Waals surface area contributed by atoms with E-state index in [1.54, 1.807) is 24.3 Å². The molecule has 1 saturated heterocycles. The van der Waals surface area contributed by atoms with Crippen LogP contribution in [0, 0.1) is 0 Å². The van der Waals surface area contributed by atoms with Crippen molar-refractivity contribution in [3.63, 3.8) is 0 Å². The Morgan fingerprint density at radius 3 is 2.29 bits per heavy atom. The topological polar surface area (TPSA) is 101 Å². The van der Waals surface area contributed by atoms with Gasteiger partial charge in [-0.1, -0.05) is 12.1 Å². The highest BCUT2D eigenvalue weighted by atomic mass is 32.2. The van der Waals surface area contributed by atoms with Crippen LogP contribution in [0.4, 0.5) is 0 Å². The summed E-state index contributed by atoms with van der Waals surface area (Å²) in [5.41, 5.74) is 0.918. The summed E-state index contributed by atoms with van der Waals surface area (Å²) in [7, 11) is -6.54. The van der Waals surface area contributed by atoms with Crippen LogP contribution in [0.15, 0.2) is 24.3 Å². The Morgan fingerprint density at radius 1 is 1.14 bits per heavy atom. The number of aromatic hydroxyl groups is 1. The fourth-order valence-electron chi connectivity index (χ4n) is 2.30. The Hall–Kier alpha value is -1.12. The zero-order chi connectivity index (χ0) is 15.5. The molecule has 1 fully saturated rings. The molecule has 0 bridgehead atoms. The molecule has 0 aromatic heterocycles. The van der Waals surface area contributed by atoms with Crippen molar-refractivity contribution in [2.45, 2.75) is 24.5 Å². The lowest BCUT2D eigenvalue weighted by molar-refractivity contribution is 0.475.